The van der Waals surface area contributed by atoms with Gasteiger partial charge >= 0.3 is 0 Å². The van der Waals surface area contributed by atoms with Crippen LogP contribution in [-0.4, -0.2) is 42.8 Å². The Kier molecular flexibility index (Phi) is 2.58. The molecule has 0 aromatic carbocycles. The summed E-state index contributed by atoms with van der Waals surface area (Å²) in [7, 11) is 0. The molecule has 2 aliphatic rings. The van der Waals surface area contributed by atoms with Crippen molar-refractivity contribution in [2.45, 2.75) is 37.8 Å². The smallest absolute Gasteiger partial charge is 0.0648 e. The number of hydrogen-bond donors (Lipinski definition) is 1. The van der Waals surface area contributed by atoms with E-state index in [1.807, 2.05) is 0 Å². The fourth-order valence-corrected chi connectivity index (χ4v) is 2.41. The minimum atomic E-state index is 0.276. The molecule has 2 saturated heterocycles. The van der Waals surface area contributed by atoms with Crippen molar-refractivity contribution >= 4 is 0 Å². The molecule has 2 unspecified atom stereocenters. The average Bonchev–Trinajstić information content (AvgIpc) is 2.54. The van der Waals surface area contributed by atoms with Gasteiger partial charge in [-0.05, 0) is 32.7 Å². The van der Waals surface area contributed by atoms with Crippen molar-refractivity contribution < 1.29 is 4.74 Å². The second-order valence-corrected chi connectivity index (χ2v) is 4.65. The van der Waals surface area contributed by atoms with Gasteiger partial charge in [-0.1, -0.05) is 0 Å². The third-order valence-corrected chi connectivity index (χ3v) is 3.42. The minimum Gasteiger partial charge on any atom is -0.379 e. The van der Waals surface area contributed by atoms with Crippen LogP contribution in [0.4, 0.5) is 0 Å². The maximum Gasteiger partial charge on any atom is 0.0648 e. The standard InChI is InChI=1S/C10H20N2O/c1-10(4-6-13-8-10)12-5-2-3-9(11)7-12/h9H,2-8,11H2,1H3. The van der Waals surface area contributed by atoms with Crippen LogP contribution in [0.15, 0.2) is 0 Å². The number of likely N-dealkylation sites (tertiary alicyclic amines) is 1. The number of nitrogens with two attached hydrogens (primary N) is 1. The Bertz CT molecular complexity index is 178. The van der Waals surface area contributed by atoms with Gasteiger partial charge in [0, 0.05) is 24.7 Å². The highest BCUT2D eigenvalue weighted by Gasteiger charge is 2.37. The molecular formula is C10H20N2O. The quantitative estimate of drug-likeness (QED) is 0.648. The summed E-state index contributed by atoms with van der Waals surface area (Å²) in [5.74, 6) is 0. The molecule has 2 N–H and O–H groups in total. The molecule has 76 valence electrons. The summed E-state index contributed by atoms with van der Waals surface area (Å²) in [5.41, 5.74) is 6.24. The molecule has 2 aliphatic heterocycles. The molecule has 0 aliphatic carbocycles. The van der Waals surface area contributed by atoms with Crippen molar-refractivity contribution in [3.05, 3.63) is 0 Å². The van der Waals surface area contributed by atoms with Gasteiger partial charge in [0.1, 0.15) is 0 Å². The number of ether oxygens (including phenoxy) is 1. The number of piperidine rings is 1. The fourth-order valence-electron chi connectivity index (χ4n) is 2.41. The van der Waals surface area contributed by atoms with Crippen molar-refractivity contribution in [2.24, 2.45) is 5.73 Å². The van der Waals surface area contributed by atoms with Crippen LogP contribution < -0.4 is 5.73 Å². The fraction of sp³-hybridized carbons (Fsp3) is 1.00. The predicted molar refractivity (Wildman–Crippen MR) is 52.6 cm³/mol. The van der Waals surface area contributed by atoms with Crippen LogP contribution in [0, 0.1) is 0 Å². The first-order chi connectivity index (χ1) is 6.21. The third kappa shape index (κ3) is 1.87. The molecule has 3 heteroatoms. The van der Waals surface area contributed by atoms with E-state index in [2.05, 4.69) is 11.8 Å². The number of hydrogen-bond acceptors (Lipinski definition) is 3. The third-order valence-electron chi connectivity index (χ3n) is 3.42. The highest BCUT2D eigenvalue weighted by Crippen LogP contribution is 2.28. The SMILES string of the molecule is CC1(N2CCCC(N)C2)CCOC1. The maximum atomic E-state index is 5.97. The molecule has 2 fully saturated rings. The van der Waals surface area contributed by atoms with Crippen LogP contribution in [0.2, 0.25) is 0 Å². The zero-order valence-corrected chi connectivity index (χ0v) is 8.46. The first kappa shape index (κ1) is 9.44. The maximum absolute atomic E-state index is 5.97. The van der Waals surface area contributed by atoms with E-state index in [9.17, 15) is 0 Å². The first-order valence-electron chi connectivity index (χ1n) is 5.29. The van der Waals surface area contributed by atoms with Crippen LogP contribution in [0.5, 0.6) is 0 Å². The van der Waals surface area contributed by atoms with E-state index >= 15 is 0 Å². The molecule has 2 heterocycles. The van der Waals surface area contributed by atoms with Gasteiger partial charge in [0.2, 0.25) is 0 Å². The summed E-state index contributed by atoms with van der Waals surface area (Å²) < 4.78 is 5.47. The van der Waals surface area contributed by atoms with Crippen LogP contribution in [-0.2, 0) is 4.74 Å². The second-order valence-electron chi connectivity index (χ2n) is 4.65. The number of rotatable bonds is 1. The van der Waals surface area contributed by atoms with Gasteiger partial charge in [-0.25, -0.2) is 0 Å². The highest BCUT2D eigenvalue weighted by atomic mass is 16.5. The van der Waals surface area contributed by atoms with Crippen molar-refractivity contribution in [2.75, 3.05) is 26.3 Å². The lowest BCUT2D eigenvalue weighted by Crippen LogP contribution is -2.54. The normalized spacial score (nSPS) is 42.5. The summed E-state index contributed by atoms with van der Waals surface area (Å²) in [6.07, 6.45) is 3.60. The van der Waals surface area contributed by atoms with E-state index < -0.39 is 0 Å². The van der Waals surface area contributed by atoms with E-state index in [0.29, 0.717) is 6.04 Å². The average molecular weight is 184 g/mol. The molecule has 0 aromatic rings. The minimum absolute atomic E-state index is 0.276. The van der Waals surface area contributed by atoms with Crippen molar-refractivity contribution in [1.29, 1.82) is 0 Å². The Morgan fingerprint density at radius 1 is 1.54 bits per heavy atom. The Labute approximate surface area is 80.2 Å². The molecule has 3 nitrogen and oxygen atoms in total. The first-order valence-corrected chi connectivity index (χ1v) is 5.29. The van der Waals surface area contributed by atoms with Crippen LogP contribution in [0.25, 0.3) is 0 Å². The lowest BCUT2D eigenvalue weighted by atomic mass is 9.94. The van der Waals surface area contributed by atoms with Crippen molar-refractivity contribution in [1.82, 2.24) is 4.90 Å². The lowest BCUT2D eigenvalue weighted by Gasteiger charge is -2.41. The van der Waals surface area contributed by atoms with Gasteiger partial charge in [-0.15, -0.1) is 0 Å². The molecule has 0 aromatic heterocycles. The summed E-state index contributed by atoms with van der Waals surface area (Å²) in [6.45, 7) is 6.37. The largest absolute Gasteiger partial charge is 0.379 e. The van der Waals surface area contributed by atoms with Crippen LogP contribution >= 0.6 is 0 Å². The molecule has 2 atom stereocenters. The molecule has 0 radical (unpaired) electrons. The molecule has 0 bridgehead atoms. The van der Waals surface area contributed by atoms with Gasteiger partial charge in [0.25, 0.3) is 0 Å². The van der Waals surface area contributed by atoms with E-state index in [-0.39, 0.29) is 5.54 Å². The number of nitrogens with zero attached hydrogens (tertiary/aromatic N) is 1. The Morgan fingerprint density at radius 2 is 2.38 bits per heavy atom. The van der Waals surface area contributed by atoms with Gasteiger partial charge in [0.05, 0.1) is 6.61 Å². The van der Waals surface area contributed by atoms with Crippen LogP contribution in [0.1, 0.15) is 26.2 Å². The summed E-state index contributed by atoms with van der Waals surface area (Å²) in [4.78, 5) is 2.52. The van der Waals surface area contributed by atoms with Gasteiger partial charge in [-0.2, -0.15) is 0 Å². The highest BCUT2D eigenvalue weighted by molar-refractivity contribution is 4.93. The Morgan fingerprint density at radius 3 is 3.00 bits per heavy atom. The summed E-state index contributed by atoms with van der Waals surface area (Å²) >= 11 is 0. The monoisotopic (exact) mass is 184 g/mol. The van der Waals surface area contributed by atoms with E-state index in [1.54, 1.807) is 0 Å². The zero-order chi connectivity index (χ0) is 9.31. The molecule has 0 saturated carbocycles. The summed E-state index contributed by atoms with van der Waals surface area (Å²) in [6, 6.07) is 0.381. The van der Waals surface area contributed by atoms with E-state index in [4.69, 9.17) is 10.5 Å². The Hall–Kier alpha value is -0.120. The molecule has 0 amide bonds. The topological polar surface area (TPSA) is 38.5 Å². The van der Waals surface area contributed by atoms with Gasteiger partial charge in [0.15, 0.2) is 0 Å². The molecule has 0 spiro atoms. The Balaban J connectivity index is 1.98. The molecular weight excluding hydrogens is 164 g/mol. The van der Waals surface area contributed by atoms with E-state index in [0.717, 1.165) is 19.8 Å². The van der Waals surface area contributed by atoms with Crippen molar-refractivity contribution in [3.8, 4) is 0 Å². The summed E-state index contributed by atoms with van der Waals surface area (Å²) in [5, 5.41) is 0. The lowest BCUT2D eigenvalue weighted by molar-refractivity contribution is 0.0566. The second kappa shape index (κ2) is 3.56. The molecule has 2 rings (SSSR count). The van der Waals surface area contributed by atoms with Gasteiger partial charge < -0.3 is 10.5 Å². The van der Waals surface area contributed by atoms with Crippen molar-refractivity contribution in [3.63, 3.8) is 0 Å². The zero-order valence-electron chi connectivity index (χ0n) is 8.46. The van der Waals surface area contributed by atoms with E-state index in [1.165, 1.54) is 25.8 Å². The van der Waals surface area contributed by atoms with Crippen LogP contribution in [0.3, 0.4) is 0 Å². The predicted octanol–water partition coefficient (Wildman–Crippen LogP) is 0.588. The molecule has 13 heavy (non-hydrogen) atoms. The van der Waals surface area contributed by atoms with Gasteiger partial charge in [-0.3, -0.25) is 4.90 Å².